The predicted octanol–water partition coefficient (Wildman–Crippen LogP) is 3.12. The van der Waals surface area contributed by atoms with Crippen molar-refractivity contribution in [2.24, 2.45) is 5.92 Å². The number of alkyl halides is 1. The van der Waals surface area contributed by atoms with E-state index < -0.39 is 33.7 Å². The molecule has 0 spiro atoms. The molecule has 2 rings (SSSR count). The summed E-state index contributed by atoms with van der Waals surface area (Å²) in [6.45, 7) is 0.773. The van der Waals surface area contributed by atoms with Crippen molar-refractivity contribution < 1.29 is 18.5 Å². The van der Waals surface area contributed by atoms with E-state index in [1.807, 2.05) is 0 Å². The third kappa shape index (κ3) is 3.20. The highest BCUT2D eigenvalue weighted by Gasteiger charge is 2.31. The minimum atomic E-state index is -1.41. The summed E-state index contributed by atoms with van der Waals surface area (Å²) in [7, 11) is 0. The number of nitrogens with zero attached hydrogens (tertiary/aromatic N) is 2. The predicted molar refractivity (Wildman–Crippen MR) is 75.4 cm³/mol. The van der Waals surface area contributed by atoms with Gasteiger partial charge in [-0.15, -0.1) is 0 Å². The molecule has 0 radical (unpaired) electrons. The van der Waals surface area contributed by atoms with Crippen LogP contribution in [0.4, 0.5) is 14.5 Å². The Labute approximate surface area is 128 Å². The van der Waals surface area contributed by atoms with Crippen LogP contribution < -0.4 is 0 Å². The number of benzene rings is 1. The molecule has 1 aromatic carbocycles. The lowest BCUT2D eigenvalue weighted by atomic mass is 9.99. The standard InChI is InChI=1S/C13H13BrF2N2O3/c14-6-8-2-1-5-17(7-8)13(19)11-9(15)3-4-10(12(11)16)18(20)21/h3-4,8H,1-2,5-7H2. The first-order valence-corrected chi connectivity index (χ1v) is 7.55. The largest absolute Gasteiger partial charge is 0.338 e. The van der Waals surface area contributed by atoms with Crippen LogP contribution >= 0.6 is 15.9 Å². The van der Waals surface area contributed by atoms with Gasteiger partial charge in [-0.25, -0.2) is 4.39 Å². The van der Waals surface area contributed by atoms with Gasteiger partial charge in [-0.3, -0.25) is 14.9 Å². The van der Waals surface area contributed by atoms with E-state index in [4.69, 9.17) is 0 Å². The Kier molecular flexibility index (Phi) is 4.87. The van der Waals surface area contributed by atoms with E-state index in [1.165, 1.54) is 4.90 Å². The van der Waals surface area contributed by atoms with Gasteiger partial charge >= 0.3 is 5.69 Å². The number of hydrogen-bond donors (Lipinski definition) is 0. The molecule has 0 N–H and O–H groups in total. The van der Waals surface area contributed by atoms with Gasteiger partial charge in [0.25, 0.3) is 5.91 Å². The van der Waals surface area contributed by atoms with Gasteiger partial charge in [-0.1, -0.05) is 15.9 Å². The summed E-state index contributed by atoms with van der Waals surface area (Å²) in [5, 5.41) is 11.4. The third-order valence-electron chi connectivity index (χ3n) is 3.51. The van der Waals surface area contributed by atoms with Gasteiger partial charge < -0.3 is 4.90 Å². The molecule has 1 fully saturated rings. The van der Waals surface area contributed by atoms with Gasteiger partial charge in [0.1, 0.15) is 11.4 Å². The number of nitro groups is 1. The molecule has 8 heteroatoms. The topological polar surface area (TPSA) is 63.4 Å². The van der Waals surface area contributed by atoms with Crippen molar-refractivity contribution >= 4 is 27.5 Å². The number of likely N-dealkylation sites (tertiary alicyclic amines) is 1. The summed E-state index contributed by atoms with van der Waals surface area (Å²) in [6, 6.07) is 1.47. The van der Waals surface area contributed by atoms with Gasteiger partial charge in [-0.05, 0) is 24.8 Å². The summed E-state index contributed by atoms with van der Waals surface area (Å²) >= 11 is 3.33. The minimum absolute atomic E-state index is 0.215. The average molecular weight is 363 g/mol. The Morgan fingerprint density at radius 3 is 2.81 bits per heavy atom. The highest BCUT2D eigenvalue weighted by atomic mass is 79.9. The van der Waals surface area contributed by atoms with E-state index in [1.54, 1.807) is 0 Å². The van der Waals surface area contributed by atoms with Crippen molar-refractivity contribution in [3.05, 3.63) is 39.4 Å². The first-order valence-electron chi connectivity index (χ1n) is 6.43. The van der Waals surface area contributed by atoms with E-state index >= 15 is 0 Å². The second kappa shape index (κ2) is 6.46. The van der Waals surface area contributed by atoms with Gasteiger partial charge in [0, 0.05) is 24.5 Å². The maximum absolute atomic E-state index is 14.0. The monoisotopic (exact) mass is 362 g/mol. The summed E-state index contributed by atoms with van der Waals surface area (Å²) in [6.07, 6.45) is 1.66. The molecule has 0 aromatic heterocycles. The van der Waals surface area contributed by atoms with Crippen molar-refractivity contribution in [1.82, 2.24) is 4.90 Å². The molecule has 1 amide bonds. The van der Waals surface area contributed by atoms with Crippen LogP contribution in [0, 0.1) is 27.7 Å². The number of rotatable bonds is 3. The number of nitro benzene ring substituents is 1. The van der Waals surface area contributed by atoms with E-state index in [9.17, 15) is 23.7 Å². The normalized spacial score (nSPS) is 18.6. The lowest BCUT2D eigenvalue weighted by Crippen LogP contribution is -2.41. The quantitative estimate of drug-likeness (QED) is 0.471. The molecule has 1 unspecified atom stereocenters. The van der Waals surface area contributed by atoms with Crippen molar-refractivity contribution in [1.29, 1.82) is 0 Å². The zero-order valence-electron chi connectivity index (χ0n) is 11.0. The number of hydrogen-bond acceptors (Lipinski definition) is 3. The summed E-state index contributed by atoms with van der Waals surface area (Å²) < 4.78 is 27.8. The Hall–Kier alpha value is -1.57. The van der Waals surface area contributed by atoms with Crippen molar-refractivity contribution in [2.45, 2.75) is 12.8 Å². The van der Waals surface area contributed by atoms with Crippen LogP contribution in [0.2, 0.25) is 0 Å². The Morgan fingerprint density at radius 1 is 1.48 bits per heavy atom. The molecule has 5 nitrogen and oxygen atoms in total. The number of piperidine rings is 1. The second-order valence-electron chi connectivity index (χ2n) is 4.93. The highest BCUT2D eigenvalue weighted by molar-refractivity contribution is 9.09. The van der Waals surface area contributed by atoms with Gasteiger partial charge in [-0.2, -0.15) is 4.39 Å². The fourth-order valence-corrected chi connectivity index (χ4v) is 2.94. The van der Waals surface area contributed by atoms with Crippen LogP contribution in [0.1, 0.15) is 23.2 Å². The number of carbonyl (C=O) groups is 1. The molecule has 0 bridgehead atoms. The van der Waals surface area contributed by atoms with Crippen molar-refractivity contribution in [2.75, 3.05) is 18.4 Å². The molecule has 0 aliphatic carbocycles. The molecule has 1 aromatic rings. The molecular formula is C13H13BrF2N2O3. The molecule has 1 aliphatic rings. The molecule has 0 saturated carbocycles. The molecule has 114 valence electrons. The zero-order valence-corrected chi connectivity index (χ0v) is 12.6. The lowest BCUT2D eigenvalue weighted by Gasteiger charge is -2.32. The highest BCUT2D eigenvalue weighted by Crippen LogP contribution is 2.26. The minimum Gasteiger partial charge on any atom is -0.338 e. The second-order valence-corrected chi connectivity index (χ2v) is 5.57. The fraction of sp³-hybridized carbons (Fsp3) is 0.462. The van der Waals surface area contributed by atoms with Crippen molar-refractivity contribution in [3.63, 3.8) is 0 Å². The van der Waals surface area contributed by atoms with Crippen LogP contribution in [0.15, 0.2) is 12.1 Å². The third-order valence-corrected chi connectivity index (χ3v) is 4.42. The van der Waals surface area contributed by atoms with E-state index in [-0.39, 0.29) is 5.92 Å². The first kappa shape index (κ1) is 15.8. The Bertz CT molecular complexity index is 583. The maximum atomic E-state index is 14.0. The maximum Gasteiger partial charge on any atom is 0.305 e. The van der Waals surface area contributed by atoms with Crippen LogP contribution in [-0.4, -0.2) is 34.2 Å². The average Bonchev–Trinajstić information content (AvgIpc) is 2.46. The Balaban J connectivity index is 2.34. The molecule has 21 heavy (non-hydrogen) atoms. The molecular weight excluding hydrogens is 350 g/mol. The molecule has 1 atom stereocenters. The molecule has 1 heterocycles. The van der Waals surface area contributed by atoms with Crippen LogP contribution in [0.5, 0.6) is 0 Å². The van der Waals surface area contributed by atoms with Crippen LogP contribution in [-0.2, 0) is 0 Å². The summed E-state index contributed by atoms with van der Waals surface area (Å²) in [5.74, 6) is -3.11. The summed E-state index contributed by atoms with van der Waals surface area (Å²) in [4.78, 5) is 23.4. The lowest BCUT2D eigenvalue weighted by molar-refractivity contribution is -0.387. The number of halogens is 3. The van der Waals surface area contributed by atoms with Gasteiger partial charge in [0.05, 0.1) is 4.92 Å². The van der Waals surface area contributed by atoms with E-state index in [0.717, 1.165) is 25.0 Å². The smallest absolute Gasteiger partial charge is 0.305 e. The van der Waals surface area contributed by atoms with E-state index in [2.05, 4.69) is 15.9 Å². The zero-order chi connectivity index (χ0) is 15.6. The van der Waals surface area contributed by atoms with Crippen LogP contribution in [0.25, 0.3) is 0 Å². The molecule has 1 saturated heterocycles. The first-order chi connectivity index (χ1) is 9.95. The van der Waals surface area contributed by atoms with Gasteiger partial charge in [0.15, 0.2) is 0 Å². The van der Waals surface area contributed by atoms with E-state index in [0.29, 0.717) is 18.4 Å². The summed E-state index contributed by atoms with van der Waals surface area (Å²) in [5.41, 5.74) is -1.74. The SMILES string of the molecule is O=C(c1c(F)ccc([N+](=O)[O-])c1F)N1CCCC(CBr)C1. The Morgan fingerprint density at radius 2 is 2.19 bits per heavy atom. The van der Waals surface area contributed by atoms with Crippen molar-refractivity contribution in [3.8, 4) is 0 Å². The van der Waals surface area contributed by atoms with Crippen LogP contribution in [0.3, 0.4) is 0 Å². The van der Waals surface area contributed by atoms with Gasteiger partial charge in [0.2, 0.25) is 5.82 Å². The number of amides is 1. The fourth-order valence-electron chi connectivity index (χ4n) is 2.41. The molecule has 1 aliphatic heterocycles. The number of carbonyl (C=O) groups excluding carboxylic acids is 1.